The Morgan fingerprint density at radius 3 is 2.62 bits per heavy atom. The van der Waals surface area contributed by atoms with Crippen LogP contribution >= 0.6 is 0 Å². The quantitative estimate of drug-likeness (QED) is 0.711. The second kappa shape index (κ2) is 6.91. The van der Waals surface area contributed by atoms with Crippen molar-refractivity contribution in [3.63, 3.8) is 0 Å². The van der Waals surface area contributed by atoms with Crippen LogP contribution in [0.4, 0.5) is 5.82 Å². The Balaban J connectivity index is 1.51. The minimum Gasteiger partial charge on any atom is -0.352 e. The van der Waals surface area contributed by atoms with Gasteiger partial charge in [0.2, 0.25) is 0 Å². The van der Waals surface area contributed by atoms with Crippen LogP contribution in [0.2, 0.25) is 0 Å². The second-order valence-corrected chi connectivity index (χ2v) is 6.04. The van der Waals surface area contributed by atoms with Crippen molar-refractivity contribution in [2.24, 2.45) is 0 Å². The summed E-state index contributed by atoms with van der Waals surface area (Å²) in [4.78, 5) is 29.7. The van der Waals surface area contributed by atoms with Crippen LogP contribution in [0.1, 0.15) is 16.2 Å². The van der Waals surface area contributed by atoms with Crippen molar-refractivity contribution in [2.45, 2.75) is 6.92 Å². The molecular formula is C18H18N6O2. The van der Waals surface area contributed by atoms with E-state index in [0.717, 1.165) is 5.82 Å². The van der Waals surface area contributed by atoms with Crippen molar-refractivity contribution in [1.29, 1.82) is 0 Å². The zero-order valence-corrected chi connectivity index (χ0v) is 14.4. The van der Waals surface area contributed by atoms with Gasteiger partial charge in [-0.05, 0) is 19.1 Å². The third-order valence-corrected chi connectivity index (χ3v) is 4.36. The normalized spacial score (nSPS) is 14.5. The Hall–Kier alpha value is -3.29. The van der Waals surface area contributed by atoms with E-state index in [1.807, 2.05) is 23.1 Å². The molecule has 0 radical (unpaired) electrons. The highest BCUT2D eigenvalue weighted by Gasteiger charge is 2.25. The van der Waals surface area contributed by atoms with Gasteiger partial charge in [0.25, 0.3) is 11.8 Å². The first-order valence-electron chi connectivity index (χ1n) is 8.42. The predicted octanol–water partition coefficient (Wildman–Crippen LogP) is 1.80. The third-order valence-electron chi connectivity index (χ3n) is 4.36. The van der Waals surface area contributed by atoms with Gasteiger partial charge in [-0.3, -0.25) is 9.78 Å². The fourth-order valence-electron chi connectivity index (χ4n) is 3.03. The van der Waals surface area contributed by atoms with Crippen molar-refractivity contribution >= 4 is 11.7 Å². The number of benzene rings is 1. The largest absolute Gasteiger partial charge is 0.352 e. The summed E-state index contributed by atoms with van der Waals surface area (Å²) in [5.74, 6) is 1.71. The highest BCUT2D eigenvalue weighted by molar-refractivity contribution is 6.00. The first-order valence-corrected chi connectivity index (χ1v) is 8.42. The van der Waals surface area contributed by atoms with Gasteiger partial charge in [-0.15, -0.1) is 0 Å². The number of nitrogens with zero attached hydrogens (tertiary/aromatic N) is 6. The van der Waals surface area contributed by atoms with Crippen molar-refractivity contribution in [3.8, 4) is 11.5 Å². The number of amides is 1. The third kappa shape index (κ3) is 3.13. The average Bonchev–Trinajstić information content (AvgIpc) is 3.14. The molecule has 4 rings (SSSR count). The molecule has 0 unspecified atom stereocenters. The Bertz CT molecular complexity index is 903. The van der Waals surface area contributed by atoms with E-state index in [1.165, 1.54) is 0 Å². The lowest BCUT2D eigenvalue weighted by Crippen LogP contribution is -2.49. The lowest BCUT2D eigenvalue weighted by Gasteiger charge is -2.35. The molecule has 0 aliphatic carbocycles. The summed E-state index contributed by atoms with van der Waals surface area (Å²) in [6.07, 6.45) is 5.07. The number of aromatic nitrogens is 4. The summed E-state index contributed by atoms with van der Waals surface area (Å²) in [5.41, 5.74) is 1.23. The Morgan fingerprint density at radius 2 is 1.92 bits per heavy atom. The van der Waals surface area contributed by atoms with Crippen molar-refractivity contribution in [3.05, 3.63) is 54.2 Å². The molecule has 26 heavy (non-hydrogen) atoms. The van der Waals surface area contributed by atoms with E-state index in [4.69, 9.17) is 4.52 Å². The van der Waals surface area contributed by atoms with Crippen molar-refractivity contribution in [2.75, 3.05) is 31.1 Å². The number of hydrogen-bond donors (Lipinski definition) is 0. The van der Waals surface area contributed by atoms with Crippen molar-refractivity contribution in [1.82, 2.24) is 25.0 Å². The summed E-state index contributed by atoms with van der Waals surface area (Å²) in [7, 11) is 0. The van der Waals surface area contributed by atoms with E-state index in [9.17, 15) is 4.79 Å². The lowest BCUT2D eigenvalue weighted by atomic mass is 10.1. The van der Waals surface area contributed by atoms with Gasteiger partial charge in [0.05, 0.1) is 17.3 Å². The summed E-state index contributed by atoms with van der Waals surface area (Å²) in [6.45, 7) is 4.42. The Kier molecular flexibility index (Phi) is 4.30. The molecular weight excluding hydrogens is 332 g/mol. The highest BCUT2D eigenvalue weighted by Crippen LogP contribution is 2.24. The van der Waals surface area contributed by atoms with E-state index in [2.05, 4.69) is 25.0 Å². The smallest absolute Gasteiger partial charge is 0.258 e. The fourth-order valence-corrected chi connectivity index (χ4v) is 3.03. The van der Waals surface area contributed by atoms with Crippen LogP contribution in [0.15, 0.2) is 47.4 Å². The maximum absolute atomic E-state index is 13.0. The summed E-state index contributed by atoms with van der Waals surface area (Å²) >= 11 is 0. The molecule has 2 aromatic heterocycles. The fraction of sp³-hybridized carbons (Fsp3) is 0.278. The first kappa shape index (κ1) is 16.2. The van der Waals surface area contributed by atoms with Crippen LogP contribution in [0.3, 0.4) is 0 Å². The van der Waals surface area contributed by atoms with Gasteiger partial charge in [0.15, 0.2) is 5.82 Å². The standard InChI is InChI=1S/C18H18N6O2/c1-13-21-17(26-22-13)14-4-2-3-5-15(14)18(25)24-10-8-23(9-11-24)16-12-19-6-7-20-16/h2-7,12H,8-11H2,1H3. The number of anilines is 1. The van der Waals surface area contributed by atoms with Gasteiger partial charge in [-0.1, -0.05) is 17.3 Å². The molecule has 1 fully saturated rings. The second-order valence-electron chi connectivity index (χ2n) is 6.04. The van der Waals surface area contributed by atoms with Gasteiger partial charge >= 0.3 is 0 Å². The summed E-state index contributed by atoms with van der Waals surface area (Å²) in [6, 6.07) is 7.33. The zero-order valence-electron chi connectivity index (χ0n) is 14.4. The minimum absolute atomic E-state index is 0.0322. The SMILES string of the molecule is Cc1noc(-c2ccccc2C(=O)N2CCN(c3cnccn3)CC2)n1. The van der Waals surface area contributed by atoms with Gasteiger partial charge < -0.3 is 14.3 Å². The van der Waals surface area contributed by atoms with Crippen LogP contribution in [0.25, 0.3) is 11.5 Å². The topological polar surface area (TPSA) is 88.3 Å². The zero-order chi connectivity index (χ0) is 17.9. The lowest BCUT2D eigenvalue weighted by molar-refractivity contribution is 0.0747. The molecule has 1 aliphatic rings. The molecule has 1 amide bonds. The first-order chi connectivity index (χ1) is 12.7. The van der Waals surface area contributed by atoms with E-state index < -0.39 is 0 Å². The van der Waals surface area contributed by atoms with Crippen LogP contribution in [-0.4, -0.2) is 57.1 Å². The number of aryl methyl sites for hydroxylation is 1. The molecule has 132 valence electrons. The van der Waals surface area contributed by atoms with Crippen LogP contribution in [-0.2, 0) is 0 Å². The van der Waals surface area contributed by atoms with Gasteiger partial charge in [0.1, 0.15) is 5.82 Å². The molecule has 0 N–H and O–H groups in total. The molecule has 1 aromatic carbocycles. The average molecular weight is 350 g/mol. The minimum atomic E-state index is -0.0322. The monoisotopic (exact) mass is 350 g/mol. The molecule has 0 bridgehead atoms. The molecule has 0 saturated carbocycles. The molecule has 8 heteroatoms. The predicted molar refractivity (Wildman–Crippen MR) is 94.6 cm³/mol. The van der Waals surface area contributed by atoms with E-state index in [1.54, 1.807) is 31.6 Å². The molecule has 1 saturated heterocycles. The van der Waals surface area contributed by atoms with E-state index in [-0.39, 0.29) is 5.91 Å². The molecule has 0 spiro atoms. The van der Waals surface area contributed by atoms with Crippen LogP contribution in [0, 0.1) is 6.92 Å². The summed E-state index contributed by atoms with van der Waals surface area (Å²) in [5, 5.41) is 3.82. The van der Waals surface area contributed by atoms with Gasteiger partial charge in [-0.2, -0.15) is 4.98 Å². The number of piperazine rings is 1. The molecule has 0 atom stereocenters. The number of hydrogen-bond acceptors (Lipinski definition) is 7. The number of carbonyl (C=O) groups excluding carboxylic acids is 1. The molecule has 3 heterocycles. The highest BCUT2D eigenvalue weighted by atomic mass is 16.5. The molecule has 8 nitrogen and oxygen atoms in total. The Morgan fingerprint density at radius 1 is 1.12 bits per heavy atom. The van der Waals surface area contributed by atoms with E-state index in [0.29, 0.717) is 49.0 Å². The van der Waals surface area contributed by atoms with Crippen molar-refractivity contribution < 1.29 is 9.32 Å². The van der Waals surface area contributed by atoms with Gasteiger partial charge in [-0.25, -0.2) is 4.98 Å². The van der Waals surface area contributed by atoms with Crippen LogP contribution < -0.4 is 4.90 Å². The maximum Gasteiger partial charge on any atom is 0.258 e. The summed E-state index contributed by atoms with van der Waals surface area (Å²) < 4.78 is 5.25. The van der Waals surface area contributed by atoms with Gasteiger partial charge in [0, 0.05) is 38.6 Å². The Labute approximate surface area is 150 Å². The van der Waals surface area contributed by atoms with E-state index >= 15 is 0 Å². The number of rotatable bonds is 3. The molecule has 1 aliphatic heterocycles. The maximum atomic E-state index is 13.0. The molecule has 3 aromatic rings. The van der Waals surface area contributed by atoms with Crippen LogP contribution in [0.5, 0.6) is 0 Å². The number of carbonyl (C=O) groups is 1.